The summed E-state index contributed by atoms with van der Waals surface area (Å²) >= 11 is 0. The molecule has 2 atom stereocenters. The summed E-state index contributed by atoms with van der Waals surface area (Å²) in [7, 11) is 1.44. The minimum atomic E-state index is -0.949. The molecule has 29 heavy (non-hydrogen) atoms. The Kier molecular flexibility index (Phi) is 7.23. The number of methoxy groups -OCH3 is 1. The zero-order valence-corrected chi connectivity index (χ0v) is 17.0. The molecule has 0 aliphatic heterocycles. The maximum Gasteiger partial charge on any atom is 0.405 e. The summed E-state index contributed by atoms with van der Waals surface area (Å²) in [5, 5.41) is 10.4. The van der Waals surface area contributed by atoms with Crippen molar-refractivity contribution in [1.82, 2.24) is 0 Å². The van der Waals surface area contributed by atoms with Gasteiger partial charge in [0, 0.05) is 6.42 Å². The highest BCUT2D eigenvalue weighted by Crippen LogP contribution is 2.35. The van der Waals surface area contributed by atoms with Crippen LogP contribution in [0.5, 0.6) is 11.5 Å². The van der Waals surface area contributed by atoms with Crippen molar-refractivity contribution in [1.29, 1.82) is 0 Å². The number of rotatable bonds is 7. The van der Waals surface area contributed by atoms with Gasteiger partial charge in [-0.15, -0.1) is 0 Å². The number of hydrogen-bond donors (Lipinski definition) is 2. The quantitative estimate of drug-likeness (QED) is 0.539. The molecule has 7 heteroatoms. The molecule has 0 bridgehead atoms. The van der Waals surface area contributed by atoms with E-state index in [9.17, 15) is 14.7 Å². The predicted molar refractivity (Wildman–Crippen MR) is 108 cm³/mol. The van der Waals surface area contributed by atoms with Crippen molar-refractivity contribution in [2.75, 3.05) is 7.11 Å². The summed E-state index contributed by atoms with van der Waals surface area (Å²) in [6.07, 6.45) is -2.32. The molecule has 0 saturated heterocycles. The van der Waals surface area contributed by atoms with Gasteiger partial charge in [0.25, 0.3) is 0 Å². The van der Waals surface area contributed by atoms with Crippen LogP contribution in [-0.4, -0.2) is 30.4 Å². The molecule has 7 nitrogen and oxygen atoms in total. The number of aliphatic hydroxyl groups is 1. The van der Waals surface area contributed by atoms with E-state index in [4.69, 9.17) is 19.9 Å². The Bertz CT molecular complexity index is 844. The number of benzene rings is 2. The fourth-order valence-corrected chi connectivity index (χ4v) is 2.65. The molecule has 2 unspecified atom stereocenters. The number of carbonyl (C=O) groups is 2. The van der Waals surface area contributed by atoms with Crippen LogP contribution >= 0.6 is 0 Å². The van der Waals surface area contributed by atoms with Gasteiger partial charge >= 0.3 is 12.1 Å². The zero-order valence-electron chi connectivity index (χ0n) is 17.0. The van der Waals surface area contributed by atoms with Gasteiger partial charge in [-0.1, -0.05) is 45.0 Å². The van der Waals surface area contributed by atoms with Crippen LogP contribution in [-0.2, 0) is 4.74 Å². The molecule has 0 heterocycles. The van der Waals surface area contributed by atoms with Crippen LogP contribution < -0.4 is 15.2 Å². The van der Waals surface area contributed by atoms with Gasteiger partial charge < -0.3 is 25.1 Å². The average molecular weight is 401 g/mol. The van der Waals surface area contributed by atoms with Crippen LogP contribution in [0.3, 0.4) is 0 Å². The summed E-state index contributed by atoms with van der Waals surface area (Å²) in [5.41, 5.74) is 5.76. The monoisotopic (exact) mass is 401 g/mol. The van der Waals surface area contributed by atoms with Gasteiger partial charge in [0.15, 0.2) is 11.5 Å². The predicted octanol–water partition coefficient (Wildman–Crippen LogP) is 3.85. The van der Waals surface area contributed by atoms with Crippen LogP contribution in [0.15, 0.2) is 48.5 Å². The molecule has 1 amide bonds. The number of carbonyl (C=O) groups excluding carboxylic acids is 2. The highest BCUT2D eigenvalue weighted by Gasteiger charge is 2.29. The second-order valence-corrected chi connectivity index (χ2v) is 7.71. The summed E-state index contributed by atoms with van der Waals surface area (Å²) in [4.78, 5) is 23.7. The van der Waals surface area contributed by atoms with Crippen LogP contribution in [0, 0.1) is 5.41 Å². The summed E-state index contributed by atoms with van der Waals surface area (Å²) in [5.74, 6) is -0.0147. The maximum atomic E-state index is 12.3. The molecular weight excluding hydrogens is 374 g/mol. The van der Waals surface area contributed by atoms with Crippen molar-refractivity contribution in [3.05, 3.63) is 59.7 Å². The highest BCUT2D eigenvalue weighted by atomic mass is 16.6. The molecule has 2 rings (SSSR count). The van der Waals surface area contributed by atoms with Gasteiger partial charge in [-0.05, 0) is 35.2 Å². The fourth-order valence-electron chi connectivity index (χ4n) is 2.65. The van der Waals surface area contributed by atoms with E-state index in [2.05, 4.69) is 0 Å². The molecule has 0 radical (unpaired) electrons. The van der Waals surface area contributed by atoms with Crippen molar-refractivity contribution in [2.24, 2.45) is 11.1 Å². The minimum Gasteiger partial charge on any atom is -0.493 e. The third-order valence-electron chi connectivity index (χ3n) is 4.47. The number of esters is 1. The maximum absolute atomic E-state index is 12.3. The third kappa shape index (κ3) is 6.22. The molecule has 2 aromatic carbocycles. The number of nitrogens with two attached hydrogens (primary N) is 1. The molecule has 2 aromatic rings. The van der Waals surface area contributed by atoms with E-state index in [1.54, 1.807) is 48.5 Å². The van der Waals surface area contributed by atoms with Crippen molar-refractivity contribution in [2.45, 2.75) is 39.4 Å². The smallest absolute Gasteiger partial charge is 0.405 e. The van der Waals surface area contributed by atoms with E-state index in [0.717, 1.165) is 0 Å². The molecule has 0 fully saturated rings. The number of hydrogen-bond acceptors (Lipinski definition) is 6. The Hall–Kier alpha value is -3.06. The van der Waals surface area contributed by atoms with Crippen molar-refractivity contribution < 1.29 is 28.9 Å². The van der Waals surface area contributed by atoms with Gasteiger partial charge in [0.1, 0.15) is 6.10 Å². The second-order valence-electron chi connectivity index (χ2n) is 7.71. The lowest BCUT2D eigenvalue weighted by Gasteiger charge is -2.29. The Morgan fingerprint density at radius 1 is 1.07 bits per heavy atom. The fraction of sp³-hybridized carbons (Fsp3) is 0.364. The number of ether oxygens (including phenoxy) is 3. The number of aliphatic hydroxyl groups excluding tert-OH is 1. The summed E-state index contributed by atoms with van der Waals surface area (Å²) in [6.45, 7) is 5.64. The van der Waals surface area contributed by atoms with E-state index in [1.807, 2.05) is 20.8 Å². The Morgan fingerprint density at radius 3 is 2.28 bits per heavy atom. The van der Waals surface area contributed by atoms with Gasteiger partial charge in [-0.2, -0.15) is 0 Å². The summed E-state index contributed by atoms with van der Waals surface area (Å²) in [6, 6.07) is 13.4. The highest BCUT2D eigenvalue weighted by molar-refractivity contribution is 5.91. The average Bonchev–Trinajstić information content (AvgIpc) is 2.67. The van der Waals surface area contributed by atoms with Gasteiger partial charge in [0.05, 0.1) is 18.8 Å². The molecule has 0 aliphatic rings. The number of primary amides is 1. The van der Waals surface area contributed by atoms with E-state index in [0.29, 0.717) is 11.1 Å². The molecule has 3 N–H and O–H groups in total. The molecular formula is C22H27NO6. The lowest BCUT2D eigenvalue weighted by Crippen LogP contribution is -2.30. The Balaban J connectivity index is 2.27. The minimum absolute atomic E-state index is 0.152. The third-order valence-corrected chi connectivity index (χ3v) is 4.47. The van der Waals surface area contributed by atoms with Crippen LogP contribution in [0.1, 0.15) is 49.2 Å². The lowest BCUT2D eigenvalue weighted by molar-refractivity contribution is 0.00653. The van der Waals surface area contributed by atoms with Gasteiger partial charge in [0.2, 0.25) is 0 Å². The van der Waals surface area contributed by atoms with E-state index in [1.165, 1.54) is 7.11 Å². The zero-order chi connectivity index (χ0) is 21.6. The first-order chi connectivity index (χ1) is 13.6. The Labute approximate surface area is 170 Å². The van der Waals surface area contributed by atoms with Crippen molar-refractivity contribution >= 4 is 12.1 Å². The van der Waals surface area contributed by atoms with Crippen molar-refractivity contribution in [3.8, 4) is 11.5 Å². The summed E-state index contributed by atoms with van der Waals surface area (Å²) < 4.78 is 16.0. The standard InChI is InChI=1S/C22H27NO6/c1-22(2,3)19(24)13-17(29-21(23)26)15-10-11-16(18(12-15)27-4)28-20(25)14-8-6-5-7-9-14/h5-12,17,19,24H,13H2,1-4H3,(H2,23,26). The normalized spacial score (nSPS) is 13.3. The van der Waals surface area contributed by atoms with Crippen LogP contribution in [0.25, 0.3) is 0 Å². The van der Waals surface area contributed by atoms with Gasteiger partial charge in [-0.25, -0.2) is 9.59 Å². The van der Waals surface area contributed by atoms with Crippen LogP contribution in [0.4, 0.5) is 4.79 Å². The Morgan fingerprint density at radius 2 is 1.72 bits per heavy atom. The second kappa shape index (κ2) is 9.43. The molecule has 0 aliphatic carbocycles. The first-order valence-corrected chi connectivity index (χ1v) is 9.21. The largest absolute Gasteiger partial charge is 0.493 e. The molecule has 0 aromatic heterocycles. The SMILES string of the molecule is COc1cc(C(CC(O)C(C)(C)C)OC(N)=O)ccc1OC(=O)c1ccccc1. The van der Waals surface area contributed by atoms with E-state index < -0.39 is 29.7 Å². The van der Waals surface area contributed by atoms with Crippen molar-refractivity contribution in [3.63, 3.8) is 0 Å². The van der Waals surface area contributed by atoms with E-state index >= 15 is 0 Å². The van der Waals surface area contributed by atoms with Crippen LogP contribution in [0.2, 0.25) is 0 Å². The first kappa shape index (κ1) is 22.2. The lowest BCUT2D eigenvalue weighted by atomic mass is 9.85. The topological polar surface area (TPSA) is 108 Å². The van der Waals surface area contributed by atoms with E-state index in [-0.39, 0.29) is 17.9 Å². The number of amides is 1. The molecule has 0 saturated carbocycles. The van der Waals surface area contributed by atoms with Gasteiger partial charge in [-0.3, -0.25) is 0 Å². The molecule has 156 valence electrons. The first-order valence-electron chi connectivity index (χ1n) is 9.21. The molecule has 0 spiro atoms.